The average molecular weight is 523 g/mol. The molecule has 0 spiro atoms. The number of halogens is 3. The first-order valence-corrected chi connectivity index (χ1v) is 11.9. The minimum Gasteiger partial charge on any atom is -0.345 e. The second-order valence-corrected chi connectivity index (χ2v) is 8.53. The van der Waals surface area contributed by atoms with E-state index in [1.54, 1.807) is 0 Å². The molecule has 0 radical (unpaired) electrons. The zero-order chi connectivity index (χ0) is 27.4. The highest BCUT2D eigenvalue weighted by molar-refractivity contribution is 5.93. The molecule has 0 aliphatic rings. The van der Waals surface area contributed by atoms with Crippen molar-refractivity contribution in [1.29, 1.82) is 0 Å². The van der Waals surface area contributed by atoms with Crippen molar-refractivity contribution in [1.82, 2.24) is 15.2 Å². The van der Waals surface area contributed by atoms with Gasteiger partial charge in [-0.25, -0.2) is 0 Å². The first-order valence-electron chi connectivity index (χ1n) is 11.9. The van der Waals surface area contributed by atoms with E-state index in [9.17, 15) is 27.6 Å². The molecule has 37 heavy (non-hydrogen) atoms. The van der Waals surface area contributed by atoms with Crippen molar-refractivity contribution < 1.29 is 27.6 Å². The van der Waals surface area contributed by atoms with Gasteiger partial charge in [-0.2, -0.15) is 13.2 Å². The quantitative estimate of drug-likeness (QED) is 0.286. The van der Waals surface area contributed by atoms with E-state index in [0.717, 1.165) is 17.7 Å². The number of Topliss-reactive ketones (excluding diaryl/α,β-unsaturated/α-hetero) is 1. The molecule has 2 aromatic rings. The fourth-order valence-electron chi connectivity index (χ4n) is 3.63. The van der Waals surface area contributed by atoms with Crippen LogP contribution in [0.25, 0.3) is 0 Å². The van der Waals surface area contributed by atoms with E-state index in [0.29, 0.717) is 12.6 Å². The zero-order valence-electron chi connectivity index (χ0n) is 20.4. The Morgan fingerprint density at radius 1 is 1.00 bits per heavy atom. The van der Waals surface area contributed by atoms with Crippen LogP contribution in [0.15, 0.2) is 48.7 Å². The normalized spacial score (nSPS) is 13.0. The molecule has 0 fully saturated rings. The number of carbonyl (C=O) groups excluding carboxylic acids is 3. The second kappa shape index (κ2) is 14.4. The van der Waals surface area contributed by atoms with Crippen LogP contribution in [0.3, 0.4) is 0 Å². The molecule has 2 atom stereocenters. The van der Waals surface area contributed by atoms with Gasteiger partial charge in [-0.3, -0.25) is 19.4 Å². The molecule has 0 saturated carbocycles. The number of alkyl halides is 3. The number of nitrogens with one attached hydrogen (secondary N) is 1. The minimum atomic E-state index is -4.54. The monoisotopic (exact) mass is 522 g/mol. The molecule has 1 aromatic heterocycles. The number of hydrogen-bond acceptors (Lipinski definition) is 7. The SMILES string of the molecule is NCCN(CCN)C(=O)C[C@H](N)C(=O)N[C@@H](CCc1ccccc1)C(=O)Cc1ccc(C(F)(F)F)cn1. The Kier molecular flexibility index (Phi) is 11.6. The highest BCUT2D eigenvalue weighted by Gasteiger charge is 2.31. The molecule has 202 valence electrons. The Balaban J connectivity index is 2.10. The first-order chi connectivity index (χ1) is 17.5. The van der Waals surface area contributed by atoms with Crippen LogP contribution >= 0.6 is 0 Å². The predicted octanol–water partition coefficient (Wildman–Crippen LogP) is 0.793. The summed E-state index contributed by atoms with van der Waals surface area (Å²) in [4.78, 5) is 43.5. The van der Waals surface area contributed by atoms with E-state index >= 15 is 0 Å². The number of aryl methyl sites for hydroxylation is 1. The molecule has 0 aliphatic carbocycles. The minimum absolute atomic E-state index is 0.135. The van der Waals surface area contributed by atoms with Crippen LogP contribution in [0, 0.1) is 0 Å². The van der Waals surface area contributed by atoms with Gasteiger partial charge >= 0.3 is 6.18 Å². The largest absolute Gasteiger partial charge is 0.417 e. The third-order valence-electron chi connectivity index (χ3n) is 5.66. The van der Waals surface area contributed by atoms with Gasteiger partial charge in [0.15, 0.2) is 5.78 Å². The van der Waals surface area contributed by atoms with E-state index in [2.05, 4.69) is 10.3 Å². The molecule has 1 aromatic carbocycles. The summed E-state index contributed by atoms with van der Waals surface area (Å²) in [6.07, 6.45) is -3.79. The van der Waals surface area contributed by atoms with Crippen molar-refractivity contribution in [3.05, 3.63) is 65.5 Å². The number of nitrogens with zero attached hydrogens (tertiary/aromatic N) is 2. The Morgan fingerprint density at radius 2 is 1.65 bits per heavy atom. The third kappa shape index (κ3) is 9.90. The molecule has 2 rings (SSSR count). The van der Waals surface area contributed by atoms with Gasteiger partial charge < -0.3 is 27.4 Å². The molecule has 1 heterocycles. The van der Waals surface area contributed by atoms with E-state index in [1.165, 1.54) is 4.90 Å². The fraction of sp³-hybridized carbons (Fsp3) is 0.440. The van der Waals surface area contributed by atoms with E-state index in [4.69, 9.17) is 17.2 Å². The Morgan fingerprint density at radius 3 is 2.19 bits per heavy atom. The smallest absolute Gasteiger partial charge is 0.345 e. The lowest BCUT2D eigenvalue weighted by atomic mass is 9.98. The average Bonchev–Trinajstić information content (AvgIpc) is 2.86. The Bertz CT molecular complexity index is 1010. The summed E-state index contributed by atoms with van der Waals surface area (Å²) in [5.74, 6) is -1.52. The molecular weight excluding hydrogens is 489 g/mol. The summed E-state index contributed by atoms with van der Waals surface area (Å²) in [5, 5.41) is 2.61. The number of ketones is 1. The van der Waals surface area contributed by atoms with Crippen LogP contribution in [-0.2, 0) is 33.4 Å². The number of rotatable bonds is 14. The van der Waals surface area contributed by atoms with Crippen LogP contribution in [-0.4, -0.2) is 65.7 Å². The summed E-state index contributed by atoms with van der Waals surface area (Å²) in [6, 6.07) is 9.04. The van der Waals surface area contributed by atoms with Crippen LogP contribution < -0.4 is 22.5 Å². The number of pyridine rings is 1. The van der Waals surface area contributed by atoms with Crippen LogP contribution in [0.5, 0.6) is 0 Å². The van der Waals surface area contributed by atoms with Crippen LogP contribution in [0.1, 0.15) is 29.7 Å². The van der Waals surface area contributed by atoms with E-state index < -0.39 is 35.5 Å². The van der Waals surface area contributed by atoms with Gasteiger partial charge in [0, 0.05) is 38.1 Å². The third-order valence-corrected chi connectivity index (χ3v) is 5.66. The molecule has 0 aliphatic heterocycles. The summed E-state index contributed by atoms with van der Waals surface area (Å²) in [6.45, 7) is 0.980. The highest BCUT2D eigenvalue weighted by atomic mass is 19.4. The number of nitrogens with two attached hydrogens (primary N) is 3. The standard InChI is InChI=1S/C25H33F3N6O3/c26-25(27,28)18-7-8-19(32-16-18)14-22(35)21(9-6-17-4-2-1-3-5-17)33-24(37)20(31)15-23(36)34(12-10-29)13-11-30/h1-5,7-8,16,20-21H,6,9-15,29-31H2,(H,33,37)/t20-,21-/m0/s1. The summed E-state index contributed by atoms with van der Waals surface area (Å²) in [5.41, 5.74) is 17.1. The molecule has 9 nitrogen and oxygen atoms in total. The zero-order valence-corrected chi connectivity index (χ0v) is 20.4. The summed E-state index contributed by atoms with van der Waals surface area (Å²) in [7, 11) is 0. The maximum Gasteiger partial charge on any atom is 0.417 e. The van der Waals surface area contributed by atoms with Crippen molar-refractivity contribution in [3.8, 4) is 0 Å². The first kappa shape index (κ1) is 29.9. The second-order valence-electron chi connectivity index (χ2n) is 8.53. The lowest BCUT2D eigenvalue weighted by molar-refractivity contribution is -0.137. The molecule has 12 heteroatoms. The van der Waals surface area contributed by atoms with Crippen LogP contribution in [0.4, 0.5) is 13.2 Å². The van der Waals surface area contributed by atoms with Crippen molar-refractivity contribution in [2.75, 3.05) is 26.2 Å². The molecule has 7 N–H and O–H groups in total. The van der Waals surface area contributed by atoms with E-state index in [-0.39, 0.29) is 57.0 Å². The molecule has 0 saturated heterocycles. The Hall–Kier alpha value is -3.35. The van der Waals surface area contributed by atoms with E-state index in [1.807, 2.05) is 30.3 Å². The molecule has 2 amide bonds. The predicted molar refractivity (Wildman–Crippen MR) is 132 cm³/mol. The number of benzene rings is 1. The summed E-state index contributed by atoms with van der Waals surface area (Å²) >= 11 is 0. The molecular formula is C25H33F3N6O3. The fourth-order valence-corrected chi connectivity index (χ4v) is 3.63. The highest BCUT2D eigenvalue weighted by Crippen LogP contribution is 2.28. The van der Waals surface area contributed by atoms with Crippen molar-refractivity contribution >= 4 is 17.6 Å². The van der Waals surface area contributed by atoms with Gasteiger partial charge in [0.2, 0.25) is 11.8 Å². The van der Waals surface area contributed by atoms with Crippen molar-refractivity contribution in [2.45, 2.75) is 43.9 Å². The van der Waals surface area contributed by atoms with Gasteiger partial charge in [0.05, 0.1) is 30.5 Å². The maximum atomic E-state index is 13.1. The number of hydrogen-bond donors (Lipinski definition) is 4. The number of carbonyl (C=O) groups is 3. The molecule has 0 unspecified atom stereocenters. The van der Waals surface area contributed by atoms with Gasteiger partial charge in [-0.1, -0.05) is 30.3 Å². The topological polar surface area (TPSA) is 157 Å². The molecule has 0 bridgehead atoms. The van der Waals surface area contributed by atoms with Gasteiger partial charge in [0.1, 0.15) is 0 Å². The lowest BCUT2D eigenvalue weighted by Gasteiger charge is -2.24. The van der Waals surface area contributed by atoms with Gasteiger partial charge in [-0.15, -0.1) is 0 Å². The van der Waals surface area contributed by atoms with Gasteiger partial charge in [-0.05, 0) is 30.5 Å². The number of aromatic nitrogens is 1. The maximum absolute atomic E-state index is 13.1. The summed E-state index contributed by atoms with van der Waals surface area (Å²) < 4.78 is 38.4. The van der Waals surface area contributed by atoms with Gasteiger partial charge in [0.25, 0.3) is 0 Å². The Labute approximate surface area is 213 Å². The lowest BCUT2D eigenvalue weighted by Crippen LogP contribution is -2.51. The van der Waals surface area contributed by atoms with Crippen molar-refractivity contribution in [3.63, 3.8) is 0 Å². The number of amides is 2. The van der Waals surface area contributed by atoms with Crippen LogP contribution in [0.2, 0.25) is 0 Å². The van der Waals surface area contributed by atoms with Crippen molar-refractivity contribution in [2.24, 2.45) is 17.2 Å².